The van der Waals surface area contributed by atoms with Crippen LogP contribution in [0.5, 0.6) is 0 Å². The van der Waals surface area contributed by atoms with Crippen molar-refractivity contribution in [3.63, 3.8) is 0 Å². The molecule has 0 aliphatic heterocycles. The van der Waals surface area contributed by atoms with Gasteiger partial charge in [0.15, 0.2) is 0 Å². The third-order valence-electron chi connectivity index (χ3n) is 9.61. The fourth-order valence-electron chi connectivity index (χ4n) is 7.44. The molecule has 0 saturated heterocycles. The first-order valence-electron chi connectivity index (χ1n) is 14.5. The molecule has 0 spiro atoms. The van der Waals surface area contributed by atoms with Gasteiger partial charge in [-0.3, -0.25) is 0 Å². The quantitative estimate of drug-likeness (QED) is 0.189. The van der Waals surface area contributed by atoms with E-state index < -0.39 is 0 Å². The number of hydrogen-bond acceptors (Lipinski definition) is 0. The minimum Gasteiger partial charge on any atom is -0.0619 e. The first-order chi connectivity index (χ1) is 20.1. The molecule has 0 N–H and O–H groups in total. The van der Waals surface area contributed by atoms with Gasteiger partial charge < -0.3 is 0 Å². The van der Waals surface area contributed by atoms with E-state index in [4.69, 9.17) is 0 Å². The Kier molecular flexibility index (Phi) is 4.49. The van der Waals surface area contributed by atoms with E-state index in [9.17, 15) is 0 Å². The van der Waals surface area contributed by atoms with Crippen LogP contribution in [-0.4, -0.2) is 0 Å². The topological polar surface area (TPSA) is 0 Å². The van der Waals surface area contributed by atoms with Crippen molar-refractivity contribution in [2.45, 2.75) is 19.3 Å². The van der Waals surface area contributed by atoms with E-state index >= 15 is 0 Å². The minimum absolute atomic E-state index is 0.00760. The molecule has 192 valence electrons. The highest BCUT2D eigenvalue weighted by molar-refractivity contribution is 6.18. The van der Waals surface area contributed by atoms with Gasteiger partial charge in [-0.15, -0.1) is 0 Å². The number of rotatable bonds is 1. The summed E-state index contributed by atoms with van der Waals surface area (Å²) in [5.74, 6) is 0. The fraction of sp³-hybridized carbons (Fsp3) is 0.0732. The number of fused-ring (bicyclic) bond motifs is 11. The average Bonchev–Trinajstić information content (AvgIpc) is 3.24. The number of benzene rings is 8. The van der Waals surface area contributed by atoms with Gasteiger partial charge in [0, 0.05) is 5.41 Å². The highest BCUT2D eigenvalue weighted by atomic mass is 14.4. The predicted molar refractivity (Wildman–Crippen MR) is 177 cm³/mol. The summed E-state index contributed by atoms with van der Waals surface area (Å²) in [4.78, 5) is 0. The van der Waals surface area contributed by atoms with Crippen LogP contribution in [0.2, 0.25) is 0 Å². The molecule has 1 aliphatic carbocycles. The van der Waals surface area contributed by atoms with Gasteiger partial charge in [0.2, 0.25) is 0 Å². The zero-order valence-electron chi connectivity index (χ0n) is 23.2. The Morgan fingerprint density at radius 1 is 0.341 bits per heavy atom. The highest BCUT2D eigenvalue weighted by Gasteiger charge is 2.35. The van der Waals surface area contributed by atoms with Gasteiger partial charge in [-0.2, -0.15) is 0 Å². The molecule has 0 aromatic heterocycles. The lowest BCUT2D eigenvalue weighted by atomic mass is 9.81. The molecule has 8 aromatic rings. The maximum absolute atomic E-state index is 2.47. The average molecular weight is 521 g/mol. The fourth-order valence-corrected chi connectivity index (χ4v) is 7.44. The van der Waals surface area contributed by atoms with Gasteiger partial charge in [-0.05, 0) is 112 Å². The largest absolute Gasteiger partial charge is 0.0619 e. The summed E-state index contributed by atoms with van der Waals surface area (Å²) in [5.41, 5.74) is 8.11. The van der Waals surface area contributed by atoms with Crippen LogP contribution < -0.4 is 0 Å². The van der Waals surface area contributed by atoms with Gasteiger partial charge in [-0.25, -0.2) is 0 Å². The Morgan fingerprint density at radius 3 is 1.80 bits per heavy atom. The van der Waals surface area contributed by atoms with Crippen LogP contribution in [-0.2, 0) is 5.41 Å². The molecule has 0 saturated carbocycles. The van der Waals surface area contributed by atoms with E-state index in [-0.39, 0.29) is 5.41 Å². The van der Waals surface area contributed by atoms with E-state index in [1.165, 1.54) is 87.2 Å². The summed E-state index contributed by atoms with van der Waals surface area (Å²) < 4.78 is 0. The van der Waals surface area contributed by atoms with Gasteiger partial charge >= 0.3 is 0 Å². The zero-order valence-corrected chi connectivity index (χ0v) is 23.2. The van der Waals surface area contributed by atoms with Crippen molar-refractivity contribution in [1.82, 2.24) is 0 Å². The van der Waals surface area contributed by atoms with E-state index in [2.05, 4.69) is 147 Å². The van der Waals surface area contributed by atoms with Gasteiger partial charge in [0.1, 0.15) is 0 Å². The van der Waals surface area contributed by atoms with Crippen molar-refractivity contribution >= 4 is 53.9 Å². The number of hydrogen-bond donors (Lipinski definition) is 0. The van der Waals surface area contributed by atoms with Crippen LogP contribution in [0.25, 0.3) is 76.1 Å². The summed E-state index contributed by atoms with van der Waals surface area (Å²) in [6.45, 7) is 4.73. The molecular formula is C41H28. The molecule has 0 radical (unpaired) electrons. The highest BCUT2D eigenvalue weighted by Crippen LogP contribution is 2.50. The predicted octanol–water partition coefficient (Wildman–Crippen LogP) is 11.4. The molecule has 8 aromatic carbocycles. The van der Waals surface area contributed by atoms with Crippen molar-refractivity contribution < 1.29 is 0 Å². The van der Waals surface area contributed by atoms with Crippen LogP contribution in [0.15, 0.2) is 133 Å². The Hall–Kier alpha value is -4.94. The Labute approximate surface area is 239 Å². The maximum Gasteiger partial charge on any atom is 0.0159 e. The van der Waals surface area contributed by atoms with Crippen LogP contribution >= 0.6 is 0 Å². The Bertz CT molecular complexity index is 2390. The molecule has 0 amide bonds. The molecule has 0 fully saturated rings. The second-order valence-corrected chi connectivity index (χ2v) is 12.2. The summed E-state index contributed by atoms with van der Waals surface area (Å²) in [5, 5.41) is 13.1. The molecule has 41 heavy (non-hydrogen) atoms. The Balaban J connectivity index is 1.23. The Morgan fingerprint density at radius 2 is 0.902 bits per heavy atom. The summed E-state index contributed by atoms with van der Waals surface area (Å²) in [7, 11) is 0. The van der Waals surface area contributed by atoms with Crippen LogP contribution in [0, 0.1) is 0 Å². The smallest absolute Gasteiger partial charge is 0.0159 e. The van der Waals surface area contributed by atoms with Crippen molar-refractivity contribution in [2.75, 3.05) is 0 Å². The van der Waals surface area contributed by atoms with E-state index in [0.29, 0.717) is 0 Å². The second kappa shape index (κ2) is 8.05. The second-order valence-electron chi connectivity index (χ2n) is 12.2. The molecule has 0 bridgehead atoms. The normalized spacial score (nSPS) is 13.8. The standard InChI is InChI=1S/C41H28/c1-41(2)39-10-6-5-9-35(39)38-23-30-14-12-26-11-13-28(22-36(26)37(30)24-40(38)41)27-16-18-32-29(21-27)17-20-33-31-8-4-3-7-25(31)15-19-34(32)33/h3-24H,1-2H3. The summed E-state index contributed by atoms with van der Waals surface area (Å²) in [6.07, 6.45) is 0. The van der Waals surface area contributed by atoms with Gasteiger partial charge in [0.25, 0.3) is 0 Å². The van der Waals surface area contributed by atoms with Gasteiger partial charge in [-0.1, -0.05) is 123 Å². The first-order valence-corrected chi connectivity index (χ1v) is 14.5. The summed E-state index contributed by atoms with van der Waals surface area (Å²) >= 11 is 0. The van der Waals surface area contributed by atoms with Crippen molar-refractivity contribution in [3.8, 4) is 22.3 Å². The molecule has 0 atom stereocenters. The third kappa shape index (κ3) is 3.16. The summed E-state index contributed by atoms with van der Waals surface area (Å²) in [6, 6.07) is 50.0. The molecule has 0 nitrogen and oxygen atoms in total. The molecule has 0 heterocycles. The molecule has 0 unspecified atom stereocenters. The van der Waals surface area contributed by atoms with Crippen LogP contribution in [0.4, 0.5) is 0 Å². The molecule has 0 heteroatoms. The lowest BCUT2D eigenvalue weighted by Gasteiger charge is -2.22. The molecule has 9 rings (SSSR count). The SMILES string of the molecule is CC1(C)c2ccccc2-c2cc3ccc4ccc(-c5ccc6c(ccc7c8ccccc8ccc67)c5)cc4c3cc21. The van der Waals surface area contributed by atoms with E-state index in [1.54, 1.807) is 0 Å². The van der Waals surface area contributed by atoms with Gasteiger partial charge in [0.05, 0.1) is 0 Å². The monoisotopic (exact) mass is 520 g/mol. The van der Waals surface area contributed by atoms with Crippen LogP contribution in [0.3, 0.4) is 0 Å². The maximum atomic E-state index is 2.47. The molecular weight excluding hydrogens is 492 g/mol. The van der Waals surface area contributed by atoms with E-state index in [0.717, 1.165) is 0 Å². The molecule has 1 aliphatic rings. The minimum atomic E-state index is -0.00760. The lowest BCUT2D eigenvalue weighted by Crippen LogP contribution is -2.14. The van der Waals surface area contributed by atoms with Crippen molar-refractivity contribution in [1.29, 1.82) is 0 Å². The van der Waals surface area contributed by atoms with Crippen molar-refractivity contribution in [2.24, 2.45) is 0 Å². The van der Waals surface area contributed by atoms with E-state index in [1.807, 2.05) is 0 Å². The zero-order chi connectivity index (χ0) is 27.3. The first kappa shape index (κ1) is 22.8. The van der Waals surface area contributed by atoms with Crippen molar-refractivity contribution in [3.05, 3.63) is 145 Å². The van der Waals surface area contributed by atoms with Crippen LogP contribution in [0.1, 0.15) is 25.0 Å². The lowest BCUT2D eigenvalue weighted by molar-refractivity contribution is 0.661. The third-order valence-corrected chi connectivity index (χ3v) is 9.61.